The van der Waals surface area contributed by atoms with E-state index in [2.05, 4.69) is 29.6 Å². The molecule has 0 aliphatic heterocycles. The van der Waals surface area contributed by atoms with Crippen molar-refractivity contribution < 1.29 is 23.2 Å². The van der Waals surface area contributed by atoms with Gasteiger partial charge >= 0.3 is 0 Å². The quantitative estimate of drug-likeness (QED) is 0.144. The van der Waals surface area contributed by atoms with Crippen LogP contribution >= 0.6 is 0 Å². The summed E-state index contributed by atoms with van der Waals surface area (Å²) in [4.78, 5) is 4.66. The summed E-state index contributed by atoms with van der Waals surface area (Å²) >= 11 is 0. The number of allylic oxidation sites excluding steroid dienone is 4. The van der Waals surface area contributed by atoms with E-state index in [1.165, 1.54) is 6.07 Å². The van der Waals surface area contributed by atoms with Gasteiger partial charge in [0.25, 0.3) is 10.1 Å². The van der Waals surface area contributed by atoms with E-state index in [0.717, 1.165) is 44.8 Å². The molecule has 0 radical (unpaired) electrons. The fraction of sp³-hybridized carbons (Fsp3) is 0.205. The van der Waals surface area contributed by atoms with E-state index in [-0.39, 0.29) is 23.7 Å². The maximum Gasteiger partial charge on any atom is 0.295 e. The first-order valence-electron chi connectivity index (χ1n) is 15.4. The molecular weight excluding hydrogens is 609 g/mol. The third-order valence-corrected chi connectivity index (χ3v) is 9.25. The molecule has 0 saturated heterocycles. The lowest BCUT2D eigenvalue weighted by atomic mass is 9.88. The van der Waals surface area contributed by atoms with Crippen molar-refractivity contribution in [2.75, 3.05) is 11.9 Å². The molecule has 0 saturated carbocycles. The zero-order valence-corrected chi connectivity index (χ0v) is 28.3. The molecule has 4 aromatic carbocycles. The van der Waals surface area contributed by atoms with Crippen molar-refractivity contribution in [1.29, 1.82) is 0 Å². The highest BCUT2D eigenvalue weighted by molar-refractivity contribution is 7.86. The second-order valence-electron chi connectivity index (χ2n) is 12.1. The monoisotopic (exact) mass is 648 g/mol. The Bertz CT molecular complexity index is 2070. The molecule has 242 valence electrons. The SMILES string of the molecule is Cc1cc(C)c(N=C2C=CC(=C(c3ccc(Nc4c(C)cc(C)cc4C)c(CO)c3)c3ccccc3S(=O)(=O)O)C=C2CO)c(C)c1. The number of nitrogens with zero attached hydrogens (tertiary/aromatic N) is 1. The maximum absolute atomic E-state index is 12.6. The number of aryl methyl sites for hydroxylation is 6. The Morgan fingerprint density at radius 3 is 1.98 bits per heavy atom. The highest BCUT2D eigenvalue weighted by Crippen LogP contribution is 2.37. The third-order valence-electron chi connectivity index (χ3n) is 8.34. The second kappa shape index (κ2) is 13.6. The fourth-order valence-electron chi connectivity index (χ4n) is 6.34. The molecule has 0 aromatic heterocycles. The summed E-state index contributed by atoms with van der Waals surface area (Å²) in [5.74, 6) is 0. The van der Waals surface area contributed by atoms with E-state index in [0.29, 0.717) is 39.2 Å². The Labute approximate surface area is 277 Å². The van der Waals surface area contributed by atoms with Gasteiger partial charge in [0.15, 0.2) is 0 Å². The van der Waals surface area contributed by atoms with Crippen molar-refractivity contribution in [3.8, 4) is 0 Å². The number of hydrogen-bond acceptors (Lipinski definition) is 6. The first kappa shape index (κ1) is 33.8. The number of hydrogen-bond donors (Lipinski definition) is 4. The zero-order chi connectivity index (χ0) is 34.0. The van der Waals surface area contributed by atoms with Gasteiger partial charge < -0.3 is 15.5 Å². The minimum Gasteiger partial charge on any atom is -0.392 e. The number of aliphatic hydroxyl groups excluding tert-OH is 2. The van der Waals surface area contributed by atoms with Crippen LogP contribution in [-0.4, -0.2) is 35.5 Å². The molecule has 0 bridgehead atoms. The molecule has 1 aliphatic rings. The molecule has 4 aromatic rings. The van der Waals surface area contributed by atoms with Crippen molar-refractivity contribution in [2.24, 2.45) is 4.99 Å². The lowest BCUT2D eigenvalue weighted by Crippen LogP contribution is -2.10. The molecule has 0 heterocycles. The van der Waals surface area contributed by atoms with Crippen LogP contribution in [0, 0.1) is 41.5 Å². The fourth-order valence-corrected chi connectivity index (χ4v) is 7.03. The summed E-state index contributed by atoms with van der Waals surface area (Å²) in [5, 5.41) is 24.5. The Hall–Kier alpha value is -4.60. The highest BCUT2D eigenvalue weighted by atomic mass is 32.2. The van der Waals surface area contributed by atoms with Crippen LogP contribution < -0.4 is 5.32 Å². The van der Waals surface area contributed by atoms with Crippen LogP contribution in [0.25, 0.3) is 5.57 Å². The van der Waals surface area contributed by atoms with Crippen molar-refractivity contribution in [1.82, 2.24) is 0 Å². The Morgan fingerprint density at radius 2 is 1.38 bits per heavy atom. The highest BCUT2D eigenvalue weighted by Gasteiger charge is 2.23. The molecule has 8 heteroatoms. The lowest BCUT2D eigenvalue weighted by molar-refractivity contribution is 0.282. The van der Waals surface area contributed by atoms with Gasteiger partial charge in [0.05, 0.1) is 24.6 Å². The second-order valence-corrected chi connectivity index (χ2v) is 13.5. The number of aliphatic hydroxyl groups is 2. The number of rotatable bonds is 8. The summed E-state index contributed by atoms with van der Waals surface area (Å²) in [6.45, 7) is 11.6. The normalized spacial score (nSPS) is 15.2. The lowest BCUT2D eigenvalue weighted by Gasteiger charge is -2.21. The van der Waals surface area contributed by atoms with Gasteiger partial charge in [-0.15, -0.1) is 0 Å². The van der Waals surface area contributed by atoms with Gasteiger partial charge in [0.2, 0.25) is 0 Å². The van der Waals surface area contributed by atoms with E-state index in [9.17, 15) is 23.2 Å². The average molecular weight is 649 g/mol. The molecule has 47 heavy (non-hydrogen) atoms. The largest absolute Gasteiger partial charge is 0.392 e. The van der Waals surface area contributed by atoms with Gasteiger partial charge in [0, 0.05) is 28.1 Å². The molecule has 4 N–H and O–H groups in total. The van der Waals surface area contributed by atoms with Crippen LogP contribution in [-0.2, 0) is 16.7 Å². The number of aliphatic imine (C=N–C) groups is 1. The minimum atomic E-state index is -4.60. The topological polar surface area (TPSA) is 119 Å². The van der Waals surface area contributed by atoms with Crippen LogP contribution in [0.1, 0.15) is 50.1 Å². The summed E-state index contributed by atoms with van der Waals surface area (Å²) in [5.41, 5.74) is 12.7. The van der Waals surface area contributed by atoms with Crippen LogP contribution in [0.15, 0.2) is 106 Å². The zero-order valence-electron chi connectivity index (χ0n) is 27.5. The van der Waals surface area contributed by atoms with Crippen LogP contribution in [0.3, 0.4) is 0 Å². The molecule has 0 atom stereocenters. The minimum absolute atomic E-state index is 0.251. The van der Waals surface area contributed by atoms with Crippen molar-refractivity contribution >= 4 is 38.5 Å². The molecule has 5 rings (SSSR count). The number of nitrogens with one attached hydrogen (secondary N) is 1. The standard InChI is InChI=1S/C39H40N2O5S/c1-23-15-25(3)38(26(4)16-23)40-34-13-11-29(19-31(34)21-42)37(33-9-7-8-10-36(33)47(44,45)46)30-12-14-35(32(20-30)22-43)41-39-27(5)17-24(2)18-28(39)6/h7-20,40,42-43H,21-22H2,1-6H3,(H,44,45,46). The predicted molar refractivity (Wildman–Crippen MR) is 191 cm³/mol. The van der Waals surface area contributed by atoms with Crippen molar-refractivity contribution in [3.05, 3.63) is 146 Å². The molecule has 1 aliphatic carbocycles. The molecule has 0 fully saturated rings. The van der Waals surface area contributed by atoms with Crippen molar-refractivity contribution in [3.63, 3.8) is 0 Å². The van der Waals surface area contributed by atoms with Crippen molar-refractivity contribution in [2.45, 2.75) is 53.0 Å². The number of anilines is 2. The summed E-state index contributed by atoms with van der Waals surface area (Å²) < 4.78 is 35.4. The first-order valence-corrected chi connectivity index (χ1v) is 16.8. The summed E-state index contributed by atoms with van der Waals surface area (Å²) in [6, 6.07) is 20.1. The predicted octanol–water partition coefficient (Wildman–Crippen LogP) is 8.08. The first-order chi connectivity index (χ1) is 22.3. The van der Waals surface area contributed by atoms with Crippen LogP contribution in [0.4, 0.5) is 17.1 Å². The summed E-state index contributed by atoms with van der Waals surface area (Å²) in [6.07, 6.45) is 5.43. The molecular formula is C39H40N2O5S. The Morgan fingerprint density at radius 1 is 0.766 bits per heavy atom. The van der Waals surface area contributed by atoms with Gasteiger partial charge in [-0.1, -0.05) is 65.7 Å². The van der Waals surface area contributed by atoms with Gasteiger partial charge in [-0.3, -0.25) is 4.55 Å². The van der Waals surface area contributed by atoms with Gasteiger partial charge in [-0.25, -0.2) is 4.99 Å². The van der Waals surface area contributed by atoms with E-state index in [1.807, 2.05) is 71.9 Å². The molecule has 0 unspecified atom stereocenters. The van der Waals surface area contributed by atoms with Crippen LogP contribution in [0.2, 0.25) is 0 Å². The average Bonchev–Trinajstić information content (AvgIpc) is 3.01. The van der Waals surface area contributed by atoms with Gasteiger partial charge in [-0.05, 0) is 111 Å². The summed E-state index contributed by atoms with van der Waals surface area (Å²) in [7, 11) is -4.60. The van der Waals surface area contributed by atoms with Crippen LogP contribution in [0.5, 0.6) is 0 Å². The molecule has 0 spiro atoms. The Balaban J connectivity index is 1.71. The number of benzene rings is 4. The van der Waals surface area contributed by atoms with E-state index >= 15 is 0 Å². The molecule has 0 amide bonds. The van der Waals surface area contributed by atoms with E-state index in [4.69, 9.17) is 4.99 Å². The molecule has 7 nitrogen and oxygen atoms in total. The smallest absolute Gasteiger partial charge is 0.295 e. The van der Waals surface area contributed by atoms with Gasteiger partial charge in [-0.2, -0.15) is 8.42 Å². The third kappa shape index (κ3) is 7.21. The van der Waals surface area contributed by atoms with Gasteiger partial charge in [0.1, 0.15) is 4.90 Å². The maximum atomic E-state index is 12.6. The van der Waals surface area contributed by atoms with E-state index in [1.54, 1.807) is 24.3 Å². The van der Waals surface area contributed by atoms with E-state index < -0.39 is 10.1 Å². The Kier molecular flexibility index (Phi) is 9.79.